The molecule has 3 aromatic heterocycles. The lowest BCUT2D eigenvalue weighted by molar-refractivity contribution is -0.138. The van der Waals surface area contributed by atoms with Crippen molar-refractivity contribution in [1.82, 2.24) is 35.4 Å². The Bertz CT molecular complexity index is 2470. The molecule has 11 nitrogen and oxygen atoms in total. The topological polar surface area (TPSA) is 127 Å². The molecule has 57 heavy (non-hydrogen) atoms. The number of pyridine rings is 1. The second kappa shape index (κ2) is 13.3. The van der Waals surface area contributed by atoms with Crippen LogP contribution in [0.25, 0.3) is 32.9 Å². The van der Waals surface area contributed by atoms with Crippen molar-refractivity contribution in [3.8, 4) is 35.5 Å². The summed E-state index contributed by atoms with van der Waals surface area (Å²) in [6.07, 6.45) is 5.63. The number of fused-ring (bicyclic) bond motifs is 5. The maximum Gasteiger partial charge on any atom is 0.418 e. The second-order valence-corrected chi connectivity index (χ2v) is 15.3. The first-order chi connectivity index (χ1) is 27.2. The van der Waals surface area contributed by atoms with Crippen LogP contribution in [0.5, 0.6) is 11.9 Å². The zero-order valence-corrected chi connectivity index (χ0v) is 30.1. The van der Waals surface area contributed by atoms with Crippen molar-refractivity contribution in [3.63, 3.8) is 0 Å². The fourth-order valence-electron chi connectivity index (χ4n) is 9.02. The number of benzene rings is 2. The van der Waals surface area contributed by atoms with Gasteiger partial charge < -0.3 is 20.1 Å². The smallest absolute Gasteiger partial charge is 0.418 e. The Morgan fingerprint density at radius 1 is 1.00 bits per heavy atom. The summed E-state index contributed by atoms with van der Waals surface area (Å²) in [6, 6.07) is 6.04. The number of aromatic nitrogens is 5. The van der Waals surface area contributed by atoms with Crippen LogP contribution in [0.4, 0.5) is 42.2 Å². The van der Waals surface area contributed by atoms with Crippen molar-refractivity contribution < 1.29 is 40.2 Å². The van der Waals surface area contributed by atoms with Gasteiger partial charge in [-0.05, 0) is 55.8 Å². The molecule has 2 aromatic carbocycles. The predicted molar refractivity (Wildman–Crippen MR) is 195 cm³/mol. The molecule has 0 amide bonds. The quantitative estimate of drug-likeness (QED) is 0.0776. The fourth-order valence-corrected chi connectivity index (χ4v) is 9.02. The molecule has 4 aliphatic heterocycles. The van der Waals surface area contributed by atoms with E-state index < -0.39 is 40.5 Å². The molecule has 5 aromatic rings. The van der Waals surface area contributed by atoms with E-state index in [4.69, 9.17) is 21.6 Å². The van der Waals surface area contributed by atoms with E-state index in [0.717, 1.165) is 12.5 Å². The lowest BCUT2D eigenvalue weighted by Crippen LogP contribution is -2.62. The molecule has 0 unspecified atom stereocenters. The minimum Gasteiger partial charge on any atom is -0.475 e. The molecule has 4 saturated heterocycles. The molecule has 0 aliphatic carbocycles. The van der Waals surface area contributed by atoms with Crippen LogP contribution in [-0.2, 0) is 6.18 Å². The number of nitrogens with zero attached hydrogens (tertiary/aromatic N) is 7. The van der Waals surface area contributed by atoms with Gasteiger partial charge in [0.1, 0.15) is 36.1 Å². The molecule has 0 spiro atoms. The van der Waals surface area contributed by atoms with Crippen LogP contribution in [0.1, 0.15) is 49.7 Å². The number of halogens is 7. The Hall–Kier alpha value is -5.54. The standard InChI is InChI=1S/C39H34F7N9O2/c1-2-25-28(40)5-4-21-12-23(47)14-26(30(21)25)32-31(41)33-27(16-48-32)34(54-18-37(42)9-10-38(43,19-54)53-37)51-35(50-33)57-20-36-7-3-11-55(36)24(6-8-36)17-56-29-13-22(15-49-52-29)39(44,45)46/h1,4-5,12-16,24,53H,3,6-11,17-20,47H2/t24-,36-,37-,38+/m0/s1. The Balaban J connectivity index is 1.07. The zero-order chi connectivity index (χ0) is 39.9. The number of hydrogen-bond acceptors (Lipinski definition) is 11. The SMILES string of the molecule is C#Cc1c(F)ccc2cc(N)cc(-c3ncc4c(N5C[C@]6(F)CC[C@](F)(C5)N6)nc(OC[C@@]56CCCN5[C@H](COc5cc(C(F)(F)F)cnn5)CC6)nc4c3F)c12. The largest absolute Gasteiger partial charge is 0.475 e. The highest BCUT2D eigenvalue weighted by Crippen LogP contribution is 2.45. The summed E-state index contributed by atoms with van der Waals surface area (Å²) in [5, 5.41) is 10.3. The molecule has 0 saturated carbocycles. The Labute approximate surface area is 320 Å². The van der Waals surface area contributed by atoms with Gasteiger partial charge in [0.25, 0.3) is 0 Å². The summed E-state index contributed by atoms with van der Waals surface area (Å²) in [4.78, 5) is 17.1. The Morgan fingerprint density at radius 2 is 1.79 bits per heavy atom. The molecule has 4 fully saturated rings. The van der Waals surface area contributed by atoms with Crippen LogP contribution < -0.4 is 25.4 Å². The molecule has 4 atom stereocenters. The first-order valence-electron chi connectivity index (χ1n) is 18.4. The van der Waals surface area contributed by atoms with E-state index in [1.165, 1.54) is 29.3 Å². The van der Waals surface area contributed by atoms with Gasteiger partial charge in [-0.15, -0.1) is 11.5 Å². The summed E-state index contributed by atoms with van der Waals surface area (Å²) in [7, 11) is 0. The number of hydrogen-bond donors (Lipinski definition) is 2. The van der Waals surface area contributed by atoms with Crippen LogP contribution in [0.2, 0.25) is 0 Å². The van der Waals surface area contributed by atoms with Crippen molar-refractivity contribution in [3.05, 3.63) is 65.5 Å². The van der Waals surface area contributed by atoms with Gasteiger partial charge in [-0.25, -0.2) is 22.9 Å². The van der Waals surface area contributed by atoms with Crippen LogP contribution in [0.15, 0.2) is 42.7 Å². The van der Waals surface area contributed by atoms with Crippen molar-refractivity contribution in [1.29, 1.82) is 0 Å². The van der Waals surface area contributed by atoms with Gasteiger partial charge in [-0.1, -0.05) is 12.0 Å². The van der Waals surface area contributed by atoms with E-state index in [1.54, 1.807) is 6.07 Å². The number of anilines is 2. The van der Waals surface area contributed by atoms with E-state index in [2.05, 4.69) is 41.3 Å². The Morgan fingerprint density at radius 3 is 2.54 bits per heavy atom. The van der Waals surface area contributed by atoms with E-state index in [1.807, 2.05) is 0 Å². The molecule has 7 heterocycles. The number of alkyl halides is 5. The summed E-state index contributed by atoms with van der Waals surface area (Å²) in [6.45, 7) is 0.162. The fraction of sp³-hybridized carbons (Fsp3) is 0.410. The van der Waals surface area contributed by atoms with Gasteiger partial charge in [0, 0.05) is 47.8 Å². The van der Waals surface area contributed by atoms with Gasteiger partial charge in [-0.3, -0.25) is 9.88 Å². The lowest BCUT2D eigenvalue weighted by atomic mass is 9.95. The highest BCUT2D eigenvalue weighted by molar-refractivity contribution is 6.03. The monoisotopic (exact) mass is 793 g/mol. The predicted octanol–water partition coefficient (Wildman–Crippen LogP) is 6.49. The number of rotatable bonds is 8. The van der Waals surface area contributed by atoms with Gasteiger partial charge in [0.05, 0.1) is 41.3 Å². The first-order valence-corrected chi connectivity index (χ1v) is 18.4. The highest BCUT2D eigenvalue weighted by Gasteiger charge is 2.55. The molecule has 9 rings (SSSR count). The van der Waals surface area contributed by atoms with Crippen molar-refractivity contribution in [2.24, 2.45) is 0 Å². The first kappa shape index (κ1) is 37.1. The molecular weight excluding hydrogens is 759 g/mol. The number of ether oxygens (including phenoxy) is 2. The maximum absolute atomic E-state index is 17.0. The molecule has 4 aliphatic rings. The third kappa shape index (κ3) is 6.46. The van der Waals surface area contributed by atoms with Crippen LogP contribution >= 0.6 is 0 Å². The van der Waals surface area contributed by atoms with Gasteiger partial charge in [0.2, 0.25) is 5.88 Å². The van der Waals surface area contributed by atoms with E-state index in [0.29, 0.717) is 37.4 Å². The average Bonchev–Trinajstić information content (AvgIpc) is 3.81. The molecule has 18 heteroatoms. The van der Waals surface area contributed by atoms with Gasteiger partial charge in [-0.2, -0.15) is 28.2 Å². The van der Waals surface area contributed by atoms with E-state index >= 15 is 13.2 Å². The second-order valence-electron chi connectivity index (χ2n) is 15.3. The summed E-state index contributed by atoms with van der Waals surface area (Å²) in [5.41, 5.74) is 4.42. The average molecular weight is 794 g/mol. The lowest BCUT2D eigenvalue weighted by Gasteiger charge is -2.40. The van der Waals surface area contributed by atoms with Gasteiger partial charge >= 0.3 is 12.2 Å². The minimum atomic E-state index is -4.60. The minimum absolute atomic E-state index is 0.00821. The highest BCUT2D eigenvalue weighted by atomic mass is 19.4. The van der Waals surface area contributed by atoms with Crippen LogP contribution in [0.3, 0.4) is 0 Å². The Kier molecular flexibility index (Phi) is 8.63. The number of piperazine rings is 1. The van der Waals surface area contributed by atoms with Gasteiger partial charge in [0.15, 0.2) is 17.4 Å². The van der Waals surface area contributed by atoms with E-state index in [9.17, 15) is 17.6 Å². The number of nitrogens with one attached hydrogen (secondary N) is 1. The molecule has 2 bridgehead atoms. The summed E-state index contributed by atoms with van der Waals surface area (Å²) < 4.78 is 115. The van der Waals surface area contributed by atoms with E-state index in [-0.39, 0.29) is 102 Å². The number of nitrogen functional groups attached to an aromatic ring is 1. The molecule has 0 radical (unpaired) electrons. The molecule has 296 valence electrons. The van der Waals surface area contributed by atoms with Crippen LogP contribution in [0, 0.1) is 24.0 Å². The third-order valence-corrected chi connectivity index (χ3v) is 11.6. The zero-order valence-electron chi connectivity index (χ0n) is 30.1. The third-order valence-electron chi connectivity index (χ3n) is 11.6. The normalized spacial score (nSPS) is 25.9. The molecular formula is C39H34F7N9O2. The van der Waals surface area contributed by atoms with Crippen molar-refractivity contribution in [2.45, 2.75) is 67.9 Å². The summed E-state index contributed by atoms with van der Waals surface area (Å²) in [5.74, 6) is -3.68. The summed E-state index contributed by atoms with van der Waals surface area (Å²) >= 11 is 0. The molecule has 3 N–H and O–H groups in total. The van der Waals surface area contributed by atoms with Crippen molar-refractivity contribution >= 4 is 33.2 Å². The number of nitrogens with two attached hydrogens (primary N) is 1. The van der Waals surface area contributed by atoms with Crippen molar-refractivity contribution in [2.75, 3.05) is 43.5 Å². The van der Waals surface area contributed by atoms with Crippen LogP contribution in [-0.4, -0.2) is 86.1 Å². The number of terminal acetylenes is 1. The maximum atomic E-state index is 17.0.